The summed E-state index contributed by atoms with van der Waals surface area (Å²) < 4.78 is 0. The zero-order valence-corrected chi connectivity index (χ0v) is 15.1. The summed E-state index contributed by atoms with van der Waals surface area (Å²) in [6.45, 7) is 2.59. The first-order chi connectivity index (χ1) is 12.5. The van der Waals surface area contributed by atoms with Gasteiger partial charge in [0.15, 0.2) is 0 Å². The Balaban J connectivity index is 1.78. The van der Waals surface area contributed by atoms with E-state index in [9.17, 15) is 14.7 Å². The molecule has 1 fully saturated rings. The van der Waals surface area contributed by atoms with E-state index in [2.05, 4.69) is 0 Å². The molecule has 6 heteroatoms. The van der Waals surface area contributed by atoms with E-state index in [-0.39, 0.29) is 18.4 Å². The number of likely N-dealkylation sites (tertiary alicyclic amines) is 1. The third-order valence-electron chi connectivity index (χ3n) is 4.94. The Morgan fingerprint density at radius 2 is 2.00 bits per heavy atom. The molecule has 5 nitrogen and oxygen atoms in total. The van der Waals surface area contributed by atoms with E-state index in [1.165, 1.54) is 0 Å². The number of nitrogens with zero attached hydrogens (tertiary/aromatic N) is 2. The van der Waals surface area contributed by atoms with Gasteiger partial charge in [-0.15, -0.1) is 11.3 Å². The highest BCUT2D eigenvalue weighted by Crippen LogP contribution is 2.30. The van der Waals surface area contributed by atoms with Gasteiger partial charge in [-0.2, -0.15) is 0 Å². The second-order valence-electron chi connectivity index (χ2n) is 6.68. The molecule has 1 amide bonds. The number of carboxylic acids is 1. The van der Waals surface area contributed by atoms with Crippen LogP contribution in [0.1, 0.15) is 17.3 Å². The first-order valence-corrected chi connectivity index (χ1v) is 9.38. The molecular weight excluding hydrogens is 348 g/mol. The number of carbonyl (C=O) groups is 2. The Labute approximate surface area is 154 Å². The molecule has 1 saturated heterocycles. The van der Waals surface area contributed by atoms with Crippen LogP contribution in [0.5, 0.6) is 0 Å². The molecule has 132 valence electrons. The Morgan fingerprint density at radius 3 is 2.69 bits per heavy atom. The quantitative estimate of drug-likeness (QED) is 0.766. The van der Waals surface area contributed by atoms with Crippen LogP contribution in [0.25, 0.3) is 21.5 Å². The number of aliphatic carboxylic acids is 1. The fraction of sp³-hybridized carbons (Fsp3) is 0.250. The molecule has 0 bridgehead atoms. The number of hydrogen-bond donors (Lipinski definition) is 1. The van der Waals surface area contributed by atoms with Crippen LogP contribution in [0.2, 0.25) is 0 Å². The van der Waals surface area contributed by atoms with E-state index in [0.717, 1.165) is 21.5 Å². The molecule has 0 aliphatic carbocycles. The van der Waals surface area contributed by atoms with Crippen molar-refractivity contribution in [3.63, 3.8) is 0 Å². The average molecular weight is 366 g/mol. The number of carbonyl (C=O) groups excluding carboxylic acids is 1. The molecule has 1 aromatic carbocycles. The predicted octanol–water partition coefficient (Wildman–Crippen LogP) is 3.76. The van der Waals surface area contributed by atoms with Gasteiger partial charge in [0, 0.05) is 18.5 Å². The molecule has 0 spiro atoms. The maximum absolute atomic E-state index is 13.2. The first-order valence-electron chi connectivity index (χ1n) is 8.50. The minimum absolute atomic E-state index is 0.0543. The lowest BCUT2D eigenvalue weighted by Crippen LogP contribution is -2.30. The third kappa shape index (κ3) is 2.86. The van der Waals surface area contributed by atoms with Gasteiger partial charge in [0.2, 0.25) is 0 Å². The van der Waals surface area contributed by atoms with Crippen molar-refractivity contribution in [1.29, 1.82) is 0 Å². The van der Waals surface area contributed by atoms with Gasteiger partial charge in [-0.25, -0.2) is 4.98 Å². The first kappa shape index (κ1) is 16.7. The lowest BCUT2D eigenvalue weighted by atomic mass is 9.99. The third-order valence-corrected chi connectivity index (χ3v) is 5.83. The summed E-state index contributed by atoms with van der Waals surface area (Å²) in [7, 11) is 0. The Bertz CT molecular complexity index is 984. The predicted molar refractivity (Wildman–Crippen MR) is 101 cm³/mol. The summed E-state index contributed by atoms with van der Waals surface area (Å²) in [5.74, 6) is -1.53. The second kappa shape index (κ2) is 6.53. The van der Waals surface area contributed by atoms with Crippen molar-refractivity contribution >= 4 is 34.1 Å². The number of rotatable bonds is 3. The van der Waals surface area contributed by atoms with Crippen LogP contribution in [0.3, 0.4) is 0 Å². The highest BCUT2D eigenvalue weighted by molar-refractivity contribution is 7.13. The maximum Gasteiger partial charge on any atom is 0.308 e. The smallest absolute Gasteiger partial charge is 0.308 e. The molecule has 1 N–H and O–H groups in total. The number of aromatic nitrogens is 1. The van der Waals surface area contributed by atoms with Crippen LogP contribution in [0.15, 0.2) is 47.8 Å². The van der Waals surface area contributed by atoms with Crippen LogP contribution in [-0.4, -0.2) is 40.0 Å². The normalized spacial score (nSPS) is 19.8. The van der Waals surface area contributed by atoms with Crippen molar-refractivity contribution in [2.75, 3.05) is 13.1 Å². The van der Waals surface area contributed by atoms with Gasteiger partial charge in [-0.1, -0.05) is 31.2 Å². The molecule has 1 aliphatic rings. The molecule has 0 radical (unpaired) electrons. The number of amides is 1. The number of benzene rings is 1. The summed E-state index contributed by atoms with van der Waals surface area (Å²) in [4.78, 5) is 31.9. The van der Waals surface area contributed by atoms with E-state index < -0.39 is 11.9 Å². The van der Waals surface area contributed by atoms with Gasteiger partial charge in [0.25, 0.3) is 5.91 Å². The largest absolute Gasteiger partial charge is 0.481 e. The summed E-state index contributed by atoms with van der Waals surface area (Å²) >= 11 is 1.58. The highest BCUT2D eigenvalue weighted by atomic mass is 32.1. The number of para-hydroxylation sites is 1. The lowest BCUT2D eigenvalue weighted by molar-refractivity contribution is -0.142. The molecule has 3 heterocycles. The van der Waals surface area contributed by atoms with E-state index in [1.54, 1.807) is 16.2 Å². The monoisotopic (exact) mass is 366 g/mol. The molecule has 1 aliphatic heterocycles. The molecule has 2 aromatic heterocycles. The van der Waals surface area contributed by atoms with Gasteiger partial charge in [0.1, 0.15) is 0 Å². The lowest BCUT2D eigenvalue weighted by Gasteiger charge is -2.18. The molecule has 26 heavy (non-hydrogen) atoms. The highest BCUT2D eigenvalue weighted by Gasteiger charge is 2.37. The van der Waals surface area contributed by atoms with Crippen LogP contribution >= 0.6 is 11.3 Å². The molecule has 0 saturated carbocycles. The SMILES string of the molecule is C[C@@H]1CN(C(=O)c2cc(-c3cccs3)nc3ccccc23)C[C@H]1C(=O)O. The van der Waals surface area contributed by atoms with Crippen LogP contribution in [0, 0.1) is 11.8 Å². The van der Waals surface area contributed by atoms with Gasteiger partial charge in [-0.3, -0.25) is 9.59 Å². The molecule has 0 unspecified atom stereocenters. The van der Waals surface area contributed by atoms with Crippen LogP contribution in [0.4, 0.5) is 0 Å². The zero-order valence-electron chi connectivity index (χ0n) is 14.3. The van der Waals surface area contributed by atoms with Crippen LogP contribution in [-0.2, 0) is 4.79 Å². The summed E-state index contributed by atoms with van der Waals surface area (Å²) in [6.07, 6.45) is 0. The Kier molecular flexibility index (Phi) is 4.20. The van der Waals surface area contributed by atoms with E-state index in [4.69, 9.17) is 4.98 Å². The van der Waals surface area contributed by atoms with Crippen molar-refractivity contribution < 1.29 is 14.7 Å². The van der Waals surface area contributed by atoms with E-state index in [1.807, 2.05) is 54.8 Å². The standard InChI is InChI=1S/C20H18N2O3S/c1-12-10-22(11-15(12)20(24)25)19(23)14-9-17(18-7-4-8-26-18)21-16-6-3-2-5-13(14)16/h2-9,12,15H,10-11H2,1H3,(H,24,25)/t12-,15-/m1/s1. The number of hydrogen-bond acceptors (Lipinski definition) is 4. The zero-order chi connectivity index (χ0) is 18.3. The molecular formula is C20H18N2O3S. The fourth-order valence-electron chi connectivity index (χ4n) is 3.53. The van der Waals surface area contributed by atoms with Gasteiger partial charge in [0.05, 0.1) is 27.6 Å². The summed E-state index contributed by atoms with van der Waals surface area (Å²) in [5, 5.41) is 12.1. The maximum atomic E-state index is 13.2. The van der Waals surface area contributed by atoms with Crippen LogP contribution < -0.4 is 0 Å². The second-order valence-corrected chi connectivity index (χ2v) is 7.63. The van der Waals surface area contributed by atoms with Gasteiger partial charge >= 0.3 is 5.97 Å². The minimum Gasteiger partial charge on any atom is -0.481 e. The van der Waals surface area contributed by atoms with Crippen molar-refractivity contribution in [1.82, 2.24) is 9.88 Å². The molecule has 2 atom stereocenters. The number of thiophene rings is 1. The van der Waals surface area contributed by atoms with Crippen molar-refractivity contribution in [3.05, 3.63) is 53.4 Å². The Morgan fingerprint density at radius 1 is 1.19 bits per heavy atom. The van der Waals surface area contributed by atoms with Crippen molar-refractivity contribution in [2.45, 2.75) is 6.92 Å². The number of fused-ring (bicyclic) bond motifs is 1. The van der Waals surface area contributed by atoms with Crippen molar-refractivity contribution in [3.8, 4) is 10.6 Å². The van der Waals surface area contributed by atoms with E-state index in [0.29, 0.717) is 12.1 Å². The van der Waals surface area contributed by atoms with Gasteiger partial charge < -0.3 is 10.0 Å². The average Bonchev–Trinajstić information content (AvgIpc) is 3.30. The van der Waals surface area contributed by atoms with Gasteiger partial charge in [-0.05, 0) is 29.5 Å². The molecule has 4 rings (SSSR count). The number of pyridine rings is 1. The minimum atomic E-state index is -0.841. The summed E-state index contributed by atoms with van der Waals surface area (Å²) in [6, 6.07) is 13.3. The Hall–Kier alpha value is -2.73. The summed E-state index contributed by atoms with van der Waals surface area (Å²) in [5.41, 5.74) is 2.12. The van der Waals surface area contributed by atoms with E-state index >= 15 is 0 Å². The molecule has 3 aromatic rings. The number of carboxylic acid groups (broad SMARTS) is 1. The van der Waals surface area contributed by atoms with Crippen molar-refractivity contribution in [2.24, 2.45) is 11.8 Å². The topological polar surface area (TPSA) is 70.5 Å². The fourth-order valence-corrected chi connectivity index (χ4v) is 4.21.